The second kappa shape index (κ2) is 69.3. The lowest BCUT2D eigenvalue weighted by Crippen LogP contribution is -2.47. The zero-order valence-corrected chi connectivity index (χ0v) is 84.5. The van der Waals surface area contributed by atoms with Crippen molar-refractivity contribution in [3.63, 3.8) is 0 Å². The minimum Gasteiger partial charge on any atom is -0.411 e. The molecule has 6 N–H and O–H groups in total. The molecule has 0 radical (unpaired) electrons. The third-order valence-electron chi connectivity index (χ3n) is 22.9. The van der Waals surface area contributed by atoms with Crippen LogP contribution in [0.5, 0.6) is 0 Å². The van der Waals surface area contributed by atoms with Gasteiger partial charge in [-0.3, -0.25) is 28.8 Å². The van der Waals surface area contributed by atoms with Crippen LogP contribution in [0.15, 0.2) is 107 Å². The molecule has 138 heavy (non-hydrogen) atoms. The normalized spacial score (nSPS) is 11.9. The molecule has 4 aromatic carbocycles. The Bertz CT molecular complexity index is 4770. The first kappa shape index (κ1) is 117. The maximum Gasteiger partial charge on any atom is 0.205 e. The number of aromatic nitrogens is 12. The molecule has 0 saturated heterocycles. The van der Waals surface area contributed by atoms with Gasteiger partial charge >= 0.3 is 0 Å². The number of hydrogen-bond acceptors (Lipinski definition) is 31. The van der Waals surface area contributed by atoms with Gasteiger partial charge in [0.2, 0.25) is 11.6 Å². The maximum atomic E-state index is 12.8. The number of nitrogens with zero attached hydrogens (tertiary/aromatic N) is 12. The van der Waals surface area contributed by atoms with Crippen LogP contribution in [0.4, 0.5) is 0 Å². The second-order valence-corrected chi connectivity index (χ2v) is 35.1. The third-order valence-corrected chi connectivity index (χ3v) is 23.5. The predicted octanol–water partition coefficient (Wildman–Crippen LogP) is 15.4. The smallest absolute Gasteiger partial charge is 0.205 e. The lowest BCUT2D eigenvalue weighted by molar-refractivity contribution is -0.130. The van der Waals surface area contributed by atoms with Crippen molar-refractivity contribution in [2.75, 3.05) is 158 Å². The summed E-state index contributed by atoms with van der Waals surface area (Å²) in [6.45, 7) is 32.3. The highest BCUT2D eigenvalue weighted by molar-refractivity contribution is 6.30. The first-order valence-corrected chi connectivity index (χ1v) is 49.3. The van der Waals surface area contributed by atoms with Crippen molar-refractivity contribution in [3.05, 3.63) is 142 Å². The van der Waals surface area contributed by atoms with Crippen molar-refractivity contribution >= 4 is 69.3 Å². The number of carbonyl (C=O) groups excluding carboxylic acids is 6. The highest BCUT2D eigenvalue weighted by Gasteiger charge is 2.27. The number of benzene rings is 4. The molecule has 0 aliphatic heterocycles. The maximum absolute atomic E-state index is 12.8. The summed E-state index contributed by atoms with van der Waals surface area (Å²) in [5.41, 5.74) is 10.1. The third kappa shape index (κ3) is 46.2. The highest BCUT2D eigenvalue weighted by Crippen LogP contribution is 2.33. The summed E-state index contributed by atoms with van der Waals surface area (Å²) in [6, 6.07) is 32.6. The minimum atomic E-state index is -0.415. The number of tetrazole rings is 2. The molecule has 762 valence electrons. The Labute approximate surface area is 823 Å². The molecule has 0 fully saturated rings. The second-order valence-electron chi connectivity index (χ2n) is 34.4. The van der Waals surface area contributed by atoms with Crippen LogP contribution in [0, 0.1) is 5.92 Å². The molecule has 8 rings (SSSR count). The molecule has 0 atom stereocenters. The van der Waals surface area contributed by atoms with Crippen LogP contribution in [0.2, 0.25) is 10.3 Å². The van der Waals surface area contributed by atoms with Crippen molar-refractivity contribution < 1.29 is 91.3 Å². The molecule has 0 spiro atoms. The van der Waals surface area contributed by atoms with E-state index in [1.807, 2.05) is 97.0 Å². The van der Waals surface area contributed by atoms with Gasteiger partial charge < -0.3 is 82.3 Å². The number of carbonyl (C=O) groups is 6. The fourth-order valence-electron chi connectivity index (χ4n) is 14.4. The number of unbranched alkanes of at least 4 members (excludes halogenated alkanes) is 2. The molecule has 0 aliphatic carbocycles. The average Bonchev–Trinajstić information content (AvgIpc) is 1.63. The number of H-pyrrole nitrogens is 2. The van der Waals surface area contributed by atoms with Crippen molar-refractivity contribution in [2.45, 2.75) is 235 Å². The average molecular weight is 1960 g/mol. The van der Waals surface area contributed by atoms with Gasteiger partial charge in [-0.25, -0.2) is 9.97 Å². The highest BCUT2D eigenvalue weighted by atomic mass is 35.5. The van der Waals surface area contributed by atoms with Gasteiger partial charge in [-0.15, -0.1) is 20.4 Å². The molecule has 4 heterocycles. The molecule has 0 saturated carbocycles. The van der Waals surface area contributed by atoms with E-state index in [1.54, 1.807) is 13.8 Å². The SMILES string of the molecule is CCCCc1nc(Cl)c(CCC(=O)COCC(=O)CCCOCCOCCOCC)n1Cc1ccc(-c2ccccc2-c2nn[nH]n2)cc1.CCCCc1nc(Cl)c(CCC(=O)COCC(=O)CCCOCCOCCOCCOCC)n1Cc1ccc(-c2ccccc2-c2nn[nH]n2)cc1.CCOCCCC(=O)COCC(=O)CCCC(CCNC(C)(C)/C(C)=N\O)CCNC(C)(C)/C(C)=N\O. The summed E-state index contributed by atoms with van der Waals surface area (Å²) < 4.78 is 63.3. The lowest BCUT2D eigenvalue weighted by Gasteiger charge is -2.28. The van der Waals surface area contributed by atoms with Crippen molar-refractivity contribution in [2.24, 2.45) is 16.2 Å². The van der Waals surface area contributed by atoms with Gasteiger partial charge in [-0.2, -0.15) is 10.4 Å². The number of halogens is 2. The van der Waals surface area contributed by atoms with E-state index in [9.17, 15) is 28.8 Å². The van der Waals surface area contributed by atoms with E-state index in [4.69, 9.17) is 85.7 Å². The van der Waals surface area contributed by atoms with Crippen LogP contribution in [-0.2, 0) is 120 Å². The van der Waals surface area contributed by atoms with E-state index in [0.29, 0.717) is 216 Å². The summed E-state index contributed by atoms with van der Waals surface area (Å²) >= 11 is 13.3. The number of oxime groups is 2. The first-order valence-electron chi connectivity index (χ1n) is 48.5. The monoisotopic (exact) mass is 1960 g/mol. The molecule has 4 aromatic heterocycles. The number of aryl methyl sites for hydroxylation is 2. The van der Waals surface area contributed by atoms with Crippen molar-refractivity contribution in [1.82, 2.24) is 71.0 Å². The van der Waals surface area contributed by atoms with E-state index < -0.39 is 11.1 Å². The molecule has 8 aromatic rings. The number of aromatic amines is 2. The Morgan fingerprint density at radius 3 is 1.03 bits per heavy atom. The first-order chi connectivity index (χ1) is 66.9. The molecule has 35 nitrogen and oxygen atoms in total. The van der Waals surface area contributed by atoms with Crippen LogP contribution >= 0.6 is 23.2 Å². The van der Waals surface area contributed by atoms with Gasteiger partial charge in [0.05, 0.1) is 100.0 Å². The van der Waals surface area contributed by atoms with E-state index in [2.05, 4.69) is 144 Å². The molecule has 0 amide bonds. The van der Waals surface area contributed by atoms with Crippen LogP contribution in [0.3, 0.4) is 0 Å². The number of rotatable bonds is 76. The van der Waals surface area contributed by atoms with Gasteiger partial charge in [0.25, 0.3) is 0 Å². The molecule has 0 bridgehead atoms. The van der Waals surface area contributed by atoms with Crippen LogP contribution in [0.1, 0.15) is 219 Å². The Morgan fingerprint density at radius 1 is 0.391 bits per heavy atom. The predicted molar refractivity (Wildman–Crippen MR) is 531 cm³/mol. The summed E-state index contributed by atoms with van der Waals surface area (Å²) in [7, 11) is 0. The van der Waals surface area contributed by atoms with Gasteiger partial charge in [-0.05, 0) is 196 Å². The number of nitrogens with one attached hydrogen (secondary N) is 4. The fraction of sp³-hybridized carbons (Fsp3) is 0.604. The lowest BCUT2D eigenvalue weighted by atomic mass is 9.92. The number of hydrogen-bond donors (Lipinski definition) is 6. The van der Waals surface area contributed by atoms with Crippen LogP contribution < -0.4 is 10.6 Å². The topological polar surface area (TPSA) is 438 Å². The van der Waals surface area contributed by atoms with Crippen molar-refractivity contribution in [3.8, 4) is 45.0 Å². The van der Waals surface area contributed by atoms with E-state index in [1.165, 1.54) is 0 Å². The summed E-state index contributed by atoms with van der Waals surface area (Å²) in [6.07, 6.45) is 13.7. The summed E-state index contributed by atoms with van der Waals surface area (Å²) in [5, 5.41) is 61.6. The molecular weight excluding hydrogens is 1810 g/mol. The largest absolute Gasteiger partial charge is 0.411 e. The van der Waals surface area contributed by atoms with Gasteiger partial charge in [0.1, 0.15) is 51.3 Å². The zero-order chi connectivity index (χ0) is 99.8. The zero-order valence-electron chi connectivity index (χ0n) is 83.0. The molecule has 0 unspecified atom stereocenters. The van der Waals surface area contributed by atoms with Crippen LogP contribution in [0.25, 0.3) is 45.0 Å². The number of ether oxygens (including phenoxy) is 11. The number of imidazole rings is 2. The molecular formula is C101H150Cl2N16O19. The van der Waals surface area contributed by atoms with Gasteiger partial charge in [0.15, 0.2) is 45.0 Å². The van der Waals surface area contributed by atoms with Gasteiger partial charge in [-0.1, -0.05) is 157 Å². The van der Waals surface area contributed by atoms with Crippen LogP contribution in [-0.4, -0.2) is 286 Å². The van der Waals surface area contributed by atoms with E-state index in [-0.39, 0.29) is 87.2 Å². The number of ketones is 6. The van der Waals surface area contributed by atoms with E-state index >= 15 is 0 Å². The Kier molecular flexibility index (Phi) is 58.9. The Hall–Kier alpha value is -9.54. The van der Waals surface area contributed by atoms with Gasteiger partial charge in [0, 0.05) is 115 Å². The Balaban J connectivity index is 0.000000323. The molecule has 0 aliphatic rings. The molecule has 37 heteroatoms. The summed E-state index contributed by atoms with van der Waals surface area (Å²) in [4.78, 5) is 83.4. The fourth-order valence-corrected chi connectivity index (χ4v) is 15.0. The minimum absolute atomic E-state index is 0.00365. The number of Topliss-reactive ketones (excluding diaryl/α,β-unsaturated/α-hetero) is 6. The standard InChI is InChI=1S/C38H51ClN6O7.C36H47ClN6O6.C27H52N4O6/c1-3-5-12-36-40-37(39)35(45(36)26-29-13-15-30(16-14-29)33-10-6-7-11-34(33)38-41-43-44-42-38)18-17-32(47)28-52-27-31(46)9-8-19-49-22-23-51-25-24-50-21-20-48-4-2;1-3-5-12-34-38-35(37)33(18-17-30(45)26-49-25-29(44)9-8-19-47-22-23-48-21-20-46-4-2)43(34)24-27-13-15-28(16-14-27)31-10-6-7-11-32(31)36-39-41-42-40-36;1-8-36-18-10-13-25(33)20-37-19-24(32)12-9-11-23(14-16-28-26(4,5)21(2)30-34)15-17-29-27(6,7)22(3)31-35/h6-7,10-11,13-16H,3-5,8-9,12,17-28H2,1-2H3,(H,41,42,43,44);6-7,10-11,13-16H,3-5,8-9,12,17-26H2,1-2H3,(H,39,40,41,42);23,28-29,34-35H,8-20H2,1-7H3/b;;30-21-,31-22-. The van der Waals surface area contributed by atoms with Crippen molar-refractivity contribution in [1.29, 1.82) is 0 Å². The Morgan fingerprint density at radius 2 is 0.703 bits per heavy atom. The summed E-state index contributed by atoms with van der Waals surface area (Å²) in [5.74, 6) is 2.92. The van der Waals surface area contributed by atoms with E-state index in [0.717, 1.165) is 145 Å². The quantitative estimate of drug-likeness (QED) is 0.00892.